The Morgan fingerprint density at radius 2 is 1.81 bits per heavy atom. The Kier molecular flexibility index (Phi) is 3.67. The molecule has 1 amide bonds. The van der Waals surface area contributed by atoms with E-state index in [1.807, 2.05) is 35.8 Å². The van der Waals surface area contributed by atoms with E-state index in [0.717, 1.165) is 34.6 Å². The van der Waals surface area contributed by atoms with Crippen LogP contribution in [0.5, 0.6) is 0 Å². The van der Waals surface area contributed by atoms with Gasteiger partial charge in [-0.15, -0.1) is 0 Å². The first-order valence-corrected chi connectivity index (χ1v) is 10.2. The molecule has 1 N–H and O–H groups in total. The first kappa shape index (κ1) is 16.3. The molecule has 4 aliphatic rings. The highest BCUT2D eigenvalue weighted by molar-refractivity contribution is 5.81. The zero-order valence-electron chi connectivity index (χ0n) is 15.9. The van der Waals surface area contributed by atoms with Gasteiger partial charge in [0.2, 0.25) is 5.91 Å². The van der Waals surface area contributed by atoms with Gasteiger partial charge in [-0.05, 0) is 87.7 Å². The first-order valence-electron chi connectivity index (χ1n) is 10.2. The van der Waals surface area contributed by atoms with Gasteiger partial charge in [0, 0.05) is 6.04 Å². The molecule has 1 heterocycles. The van der Waals surface area contributed by atoms with Crippen LogP contribution in [0.15, 0.2) is 24.3 Å². The molecule has 4 aliphatic carbocycles. The number of carbonyl (C=O) groups excluding carboxylic acids is 1. The number of nitrogens with zero attached hydrogens (tertiary/aromatic N) is 2. The predicted molar refractivity (Wildman–Crippen MR) is 103 cm³/mol. The van der Waals surface area contributed by atoms with Crippen molar-refractivity contribution in [1.82, 2.24) is 14.9 Å². The highest BCUT2D eigenvalue weighted by atomic mass is 16.2. The molecule has 26 heavy (non-hydrogen) atoms. The van der Waals surface area contributed by atoms with E-state index in [0.29, 0.717) is 12.0 Å². The standard InChI is InChI=1S/C22H29N3O/c1-14(22-10-16-7-17(11-22)9-18(8-16)12-22)23-21(26)13-25-15(2)24-19-5-3-4-6-20(19)25/h3-6,14,16-18H,7-13H2,1-2H3,(H,23,26)/t14-,16?,17?,18?,22?/m1/s1. The number of rotatable bonds is 4. The van der Waals surface area contributed by atoms with E-state index >= 15 is 0 Å². The highest BCUT2D eigenvalue weighted by Crippen LogP contribution is 2.61. The van der Waals surface area contributed by atoms with Crippen molar-refractivity contribution in [3.05, 3.63) is 30.1 Å². The maximum Gasteiger partial charge on any atom is 0.240 e. The molecular formula is C22H29N3O. The molecule has 4 heteroatoms. The minimum absolute atomic E-state index is 0.125. The number of hydrogen-bond donors (Lipinski definition) is 1. The third-order valence-electron chi connectivity index (χ3n) is 7.53. The zero-order chi connectivity index (χ0) is 17.9. The molecule has 6 rings (SSSR count). The normalized spacial score (nSPS) is 33.5. The van der Waals surface area contributed by atoms with Crippen LogP contribution in [0.4, 0.5) is 0 Å². The number of imidazole rings is 1. The number of aryl methyl sites for hydroxylation is 1. The number of carbonyl (C=O) groups is 1. The average Bonchev–Trinajstić information content (AvgIpc) is 2.89. The van der Waals surface area contributed by atoms with Gasteiger partial charge in [0.05, 0.1) is 11.0 Å². The van der Waals surface area contributed by atoms with Gasteiger partial charge in [0.15, 0.2) is 0 Å². The second-order valence-corrected chi connectivity index (χ2v) is 9.30. The van der Waals surface area contributed by atoms with Crippen molar-refractivity contribution >= 4 is 16.9 Å². The number of fused-ring (bicyclic) bond motifs is 1. The Morgan fingerprint density at radius 3 is 2.46 bits per heavy atom. The van der Waals surface area contributed by atoms with Crippen LogP contribution in [0, 0.1) is 30.1 Å². The lowest BCUT2D eigenvalue weighted by molar-refractivity contribution is -0.126. The lowest BCUT2D eigenvalue weighted by Gasteiger charge is -2.59. The molecule has 1 aromatic carbocycles. The van der Waals surface area contributed by atoms with Crippen LogP contribution in [-0.4, -0.2) is 21.5 Å². The van der Waals surface area contributed by atoms with Crippen molar-refractivity contribution in [3.8, 4) is 0 Å². The number of hydrogen-bond acceptors (Lipinski definition) is 2. The largest absolute Gasteiger partial charge is 0.352 e. The third-order valence-corrected chi connectivity index (χ3v) is 7.53. The van der Waals surface area contributed by atoms with Crippen LogP contribution in [0.25, 0.3) is 11.0 Å². The van der Waals surface area contributed by atoms with Crippen molar-refractivity contribution < 1.29 is 4.79 Å². The summed E-state index contributed by atoms with van der Waals surface area (Å²) in [5.74, 6) is 3.78. The minimum Gasteiger partial charge on any atom is -0.352 e. The maximum atomic E-state index is 12.9. The molecule has 0 saturated heterocycles. The van der Waals surface area contributed by atoms with Gasteiger partial charge in [0.25, 0.3) is 0 Å². The Bertz CT molecular complexity index is 817. The summed E-state index contributed by atoms with van der Waals surface area (Å²) in [5, 5.41) is 3.38. The van der Waals surface area contributed by atoms with Gasteiger partial charge in [-0.25, -0.2) is 4.98 Å². The van der Waals surface area contributed by atoms with Gasteiger partial charge in [-0.3, -0.25) is 4.79 Å². The van der Waals surface area contributed by atoms with Crippen LogP contribution in [0.3, 0.4) is 0 Å². The molecule has 1 aromatic heterocycles. The summed E-state index contributed by atoms with van der Waals surface area (Å²) in [5.41, 5.74) is 2.37. The van der Waals surface area contributed by atoms with Crippen molar-refractivity contribution in [2.24, 2.45) is 23.2 Å². The predicted octanol–water partition coefficient (Wildman–Crippen LogP) is 4.07. The number of para-hydroxylation sites is 2. The number of nitrogens with one attached hydrogen (secondary N) is 1. The minimum atomic E-state index is 0.125. The van der Waals surface area contributed by atoms with E-state index in [-0.39, 0.29) is 11.9 Å². The molecule has 4 bridgehead atoms. The van der Waals surface area contributed by atoms with Gasteiger partial charge in [-0.2, -0.15) is 0 Å². The van der Waals surface area contributed by atoms with E-state index in [2.05, 4.69) is 17.2 Å². The average molecular weight is 351 g/mol. The summed E-state index contributed by atoms with van der Waals surface area (Å²) in [6.07, 6.45) is 8.31. The second-order valence-electron chi connectivity index (χ2n) is 9.30. The quantitative estimate of drug-likeness (QED) is 0.903. The van der Waals surface area contributed by atoms with Gasteiger partial charge < -0.3 is 9.88 Å². The van der Waals surface area contributed by atoms with Crippen molar-refractivity contribution in [3.63, 3.8) is 0 Å². The summed E-state index contributed by atoms with van der Waals surface area (Å²) in [6.45, 7) is 4.60. The Morgan fingerprint density at radius 1 is 1.19 bits per heavy atom. The summed E-state index contributed by atoms with van der Waals surface area (Å²) in [7, 11) is 0. The summed E-state index contributed by atoms with van der Waals surface area (Å²) in [4.78, 5) is 17.4. The third kappa shape index (κ3) is 2.57. The number of benzene rings is 1. The lowest BCUT2D eigenvalue weighted by atomic mass is 9.48. The summed E-state index contributed by atoms with van der Waals surface area (Å²) >= 11 is 0. The SMILES string of the molecule is Cc1nc2ccccc2n1CC(=O)N[C@H](C)C12CC3CC(CC(C3)C1)C2. The Balaban J connectivity index is 1.32. The van der Waals surface area contributed by atoms with Crippen LogP contribution in [-0.2, 0) is 11.3 Å². The zero-order valence-corrected chi connectivity index (χ0v) is 15.9. The monoisotopic (exact) mass is 351 g/mol. The van der Waals surface area contributed by atoms with Crippen LogP contribution < -0.4 is 5.32 Å². The molecule has 4 fully saturated rings. The molecule has 0 spiro atoms. The van der Waals surface area contributed by atoms with Gasteiger partial charge in [0.1, 0.15) is 12.4 Å². The molecule has 1 atom stereocenters. The molecule has 0 unspecified atom stereocenters. The van der Waals surface area contributed by atoms with Crippen LogP contribution in [0.2, 0.25) is 0 Å². The van der Waals surface area contributed by atoms with E-state index in [1.165, 1.54) is 38.5 Å². The Hall–Kier alpha value is -1.84. The molecule has 4 saturated carbocycles. The van der Waals surface area contributed by atoms with E-state index in [4.69, 9.17) is 0 Å². The highest BCUT2D eigenvalue weighted by Gasteiger charge is 2.53. The Labute approximate surface area is 155 Å². The second kappa shape index (κ2) is 5.83. The summed E-state index contributed by atoms with van der Waals surface area (Å²) in [6, 6.07) is 8.34. The molecule has 0 radical (unpaired) electrons. The molecule has 138 valence electrons. The fourth-order valence-electron chi connectivity index (χ4n) is 6.69. The summed E-state index contributed by atoms with van der Waals surface area (Å²) < 4.78 is 2.04. The van der Waals surface area contributed by atoms with Gasteiger partial charge in [-0.1, -0.05) is 12.1 Å². The molecular weight excluding hydrogens is 322 g/mol. The number of amides is 1. The fourth-order valence-corrected chi connectivity index (χ4v) is 6.69. The van der Waals surface area contributed by atoms with Crippen LogP contribution >= 0.6 is 0 Å². The van der Waals surface area contributed by atoms with E-state index < -0.39 is 0 Å². The molecule has 2 aromatic rings. The van der Waals surface area contributed by atoms with Crippen LogP contribution in [0.1, 0.15) is 51.3 Å². The molecule has 4 nitrogen and oxygen atoms in total. The maximum absolute atomic E-state index is 12.9. The van der Waals surface area contributed by atoms with E-state index in [9.17, 15) is 4.79 Å². The smallest absolute Gasteiger partial charge is 0.240 e. The van der Waals surface area contributed by atoms with Gasteiger partial charge >= 0.3 is 0 Å². The first-order chi connectivity index (χ1) is 12.5. The van der Waals surface area contributed by atoms with E-state index in [1.54, 1.807) is 0 Å². The molecule has 0 aliphatic heterocycles. The van der Waals surface area contributed by atoms with Crippen molar-refractivity contribution in [2.45, 2.75) is 65.0 Å². The van der Waals surface area contributed by atoms with Crippen molar-refractivity contribution in [2.75, 3.05) is 0 Å². The fraction of sp³-hybridized carbons (Fsp3) is 0.636. The topological polar surface area (TPSA) is 46.9 Å². The van der Waals surface area contributed by atoms with Crippen molar-refractivity contribution in [1.29, 1.82) is 0 Å². The lowest BCUT2D eigenvalue weighted by Crippen LogP contribution is -2.56. The number of aromatic nitrogens is 2.